The zero-order valence-electron chi connectivity index (χ0n) is 14.0. The van der Waals surface area contributed by atoms with E-state index in [-0.39, 0.29) is 11.8 Å². The van der Waals surface area contributed by atoms with Crippen molar-refractivity contribution in [2.45, 2.75) is 38.8 Å². The van der Waals surface area contributed by atoms with Gasteiger partial charge in [0.2, 0.25) is 0 Å². The number of hydrogen-bond acceptors (Lipinski definition) is 6. The predicted octanol–water partition coefficient (Wildman–Crippen LogP) is 3.12. The second-order valence-corrected chi connectivity index (χ2v) is 5.88. The lowest BCUT2D eigenvalue weighted by molar-refractivity contribution is -0.0500. The van der Waals surface area contributed by atoms with E-state index in [1.165, 1.54) is 12.3 Å². The molecular formula is C17H21F2N5O. The van der Waals surface area contributed by atoms with Crippen molar-refractivity contribution in [1.82, 2.24) is 15.0 Å². The largest absolute Gasteiger partial charge is 0.433 e. The van der Waals surface area contributed by atoms with Gasteiger partial charge in [0.15, 0.2) is 0 Å². The lowest BCUT2D eigenvalue weighted by Crippen LogP contribution is -2.39. The number of halogens is 2. The molecule has 0 unspecified atom stereocenters. The molecule has 25 heavy (non-hydrogen) atoms. The van der Waals surface area contributed by atoms with Crippen LogP contribution in [0.4, 0.5) is 20.4 Å². The van der Waals surface area contributed by atoms with Crippen LogP contribution in [0.3, 0.4) is 0 Å². The quantitative estimate of drug-likeness (QED) is 0.865. The highest BCUT2D eigenvalue weighted by Crippen LogP contribution is 2.21. The summed E-state index contributed by atoms with van der Waals surface area (Å²) >= 11 is 0. The molecular weight excluding hydrogens is 328 g/mol. The summed E-state index contributed by atoms with van der Waals surface area (Å²) in [6, 6.07) is 5.47. The van der Waals surface area contributed by atoms with E-state index >= 15 is 0 Å². The van der Waals surface area contributed by atoms with E-state index in [0.29, 0.717) is 5.82 Å². The molecule has 1 saturated heterocycles. The third-order valence-corrected chi connectivity index (χ3v) is 4.20. The third kappa shape index (κ3) is 4.74. The van der Waals surface area contributed by atoms with Gasteiger partial charge in [-0.2, -0.15) is 8.78 Å². The van der Waals surface area contributed by atoms with Crippen LogP contribution in [0.1, 0.15) is 25.5 Å². The Kier molecular flexibility index (Phi) is 5.57. The summed E-state index contributed by atoms with van der Waals surface area (Å²) in [5.74, 6) is 1.69. The maximum Gasteiger partial charge on any atom is 0.387 e. The lowest BCUT2D eigenvalue weighted by Gasteiger charge is -2.33. The number of rotatable bonds is 6. The van der Waals surface area contributed by atoms with Crippen molar-refractivity contribution >= 4 is 11.6 Å². The lowest BCUT2D eigenvalue weighted by atomic mass is 10.0. The first kappa shape index (κ1) is 17.3. The molecule has 3 rings (SSSR count). The van der Waals surface area contributed by atoms with Gasteiger partial charge in [-0.3, -0.25) is 0 Å². The molecule has 3 heterocycles. The zero-order chi connectivity index (χ0) is 17.6. The molecule has 1 N–H and O–H groups in total. The van der Waals surface area contributed by atoms with Gasteiger partial charge in [-0.15, -0.1) is 0 Å². The summed E-state index contributed by atoms with van der Waals surface area (Å²) in [6.45, 7) is 1.03. The molecule has 0 aliphatic carbocycles. The van der Waals surface area contributed by atoms with Crippen LogP contribution in [0, 0.1) is 0 Å². The number of hydrogen-bond donors (Lipinski definition) is 1. The minimum absolute atomic E-state index is 0.0610. The smallest absolute Gasteiger partial charge is 0.387 e. The van der Waals surface area contributed by atoms with Crippen molar-refractivity contribution in [3.05, 3.63) is 36.4 Å². The Morgan fingerprint density at radius 1 is 1.24 bits per heavy atom. The summed E-state index contributed by atoms with van der Waals surface area (Å²) in [6.07, 6.45) is 5.71. The van der Waals surface area contributed by atoms with Crippen LogP contribution in [0.15, 0.2) is 30.7 Å². The summed E-state index contributed by atoms with van der Waals surface area (Å²) in [7, 11) is 0. The second kappa shape index (κ2) is 8.04. The zero-order valence-corrected chi connectivity index (χ0v) is 14.0. The van der Waals surface area contributed by atoms with E-state index in [1.807, 2.05) is 6.07 Å². The van der Waals surface area contributed by atoms with Crippen molar-refractivity contribution in [3.63, 3.8) is 0 Å². The van der Waals surface area contributed by atoms with E-state index in [4.69, 9.17) is 0 Å². The first-order chi connectivity index (χ1) is 12.1. The monoisotopic (exact) mass is 349 g/mol. The van der Waals surface area contributed by atoms with Crippen molar-refractivity contribution in [3.8, 4) is 5.75 Å². The van der Waals surface area contributed by atoms with E-state index in [1.54, 1.807) is 12.4 Å². The van der Waals surface area contributed by atoms with Gasteiger partial charge in [-0.1, -0.05) is 6.92 Å². The Bertz CT molecular complexity index is 675. The molecule has 0 amide bonds. The maximum atomic E-state index is 12.1. The molecule has 134 valence electrons. The number of ether oxygens (including phenoxy) is 1. The molecule has 0 atom stereocenters. The van der Waals surface area contributed by atoms with Gasteiger partial charge in [0.1, 0.15) is 23.7 Å². The molecule has 0 saturated carbocycles. The van der Waals surface area contributed by atoms with Crippen molar-refractivity contribution in [2.24, 2.45) is 0 Å². The summed E-state index contributed by atoms with van der Waals surface area (Å²) in [5.41, 5.74) is 1.04. The summed E-state index contributed by atoms with van der Waals surface area (Å²) in [5, 5.41) is 3.34. The van der Waals surface area contributed by atoms with Gasteiger partial charge in [-0.05, 0) is 31.4 Å². The summed E-state index contributed by atoms with van der Waals surface area (Å²) in [4.78, 5) is 15.0. The van der Waals surface area contributed by atoms with Crippen LogP contribution in [-0.4, -0.2) is 40.7 Å². The number of pyridine rings is 1. The van der Waals surface area contributed by atoms with Gasteiger partial charge in [0.25, 0.3) is 0 Å². The van der Waals surface area contributed by atoms with Gasteiger partial charge in [-0.25, -0.2) is 15.0 Å². The molecule has 0 spiro atoms. The Hall–Kier alpha value is -2.51. The van der Waals surface area contributed by atoms with Crippen LogP contribution in [0.25, 0.3) is 0 Å². The molecule has 1 fully saturated rings. The van der Waals surface area contributed by atoms with Crippen molar-refractivity contribution in [2.75, 3.05) is 23.3 Å². The Balaban J connectivity index is 1.52. The maximum absolute atomic E-state index is 12.1. The Labute approximate surface area is 145 Å². The van der Waals surface area contributed by atoms with Gasteiger partial charge < -0.3 is 15.0 Å². The average Bonchev–Trinajstić information content (AvgIpc) is 2.63. The predicted molar refractivity (Wildman–Crippen MR) is 91.1 cm³/mol. The molecule has 1 aliphatic rings. The van der Waals surface area contributed by atoms with E-state index < -0.39 is 6.61 Å². The first-order valence-corrected chi connectivity index (χ1v) is 8.37. The second-order valence-electron chi connectivity index (χ2n) is 5.88. The molecule has 0 aromatic carbocycles. The number of anilines is 2. The van der Waals surface area contributed by atoms with Crippen LogP contribution < -0.4 is 15.0 Å². The summed E-state index contributed by atoms with van der Waals surface area (Å²) < 4.78 is 28.6. The van der Waals surface area contributed by atoms with Crippen LogP contribution in [0.5, 0.6) is 5.75 Å². The van der Waals surface area contributed by atoms with Crippen molar-refractivity contribution < 1.29 is 13.5 Å². The number of nitrogens with zero attached hydrogens (tertiary/aromatic N) is 4. The van der Waals surface area contributed by atoms with Crippen LogP contribution in [0.2, 0.25) is 0 Å². The number of piperidine rings is 1. The molecule has 0 radical (unpaired) electrons. The molecule has 2 aromatic heterocycles. The number of alkyl halides is 2. The minimum atomic E-state index is -2.83. The van der Waals surface area contributed by atoms with E-state index in [2.05, 4.69) is 36.8 Å². The van der Waals surface area contributed by atoms with Crippen LogP contribution in [-0.2, 0) is 6.42 Å². The Morgan fingerprint density at radius 3 is 2.68 bits per heavy atom. The van der Waals surface area contributed by atoms with Gasteiger partial charge in [0.05, 0.1) is 6.20 Å². The number of nitrogens with one attached hydrogen (secondary N) is 1. The number of aromatic nitrogens is 3. The third-order valence-electron chi connectivity index (χ3n) is 4.20. The minimum Gasteiger partial charge on any atom is -0.433 e. The standard InChI is InChI=1S/C17H21F2N5O/c1-2-12-9-16(22-11-21-12)24-7-5-13(6-8-24)23-15-4-3-14(10-20-15)25-17(18)19/h3-4,9-11,13,17H,2,5-8H2,1H3,(H,20,23). The molecule has 1 aliphatic heterocycles. The number of aryl methyl sites for hydroxylation is 1. The van der Waals surface area contributed by atoms with Crippen molar-refractivity contribution in [1.29, 1.82) is 0 Å². The van der Waals surface area contributed by atoms with E-state index in [0.717, 1.165) is 43.9 Å². The molecule has 6 nitrogen and oxygen atoms in total. The average molecular weight is 349 g/mol. The SMILES string of the molecule is CCc1cc(N2CCC(Nc3ccc(OC(F)F)cn3)CC2)ncn1. The highest BCUT2D eigenvalue weighted by Gasteiger charge is 2.20. The Morgan fingerprint density at radius 2 is 2.04 bits per heavy atom. The fourth-order valence-electron chi connectivity index (χ4n) is 2.85. The van der Waals surface area contributed by atoms with Crippen LogP contribution >= 0.6 is 0 Å². The van der Waals surface area contributed by atoms with E-state index in [9.17, 15) is 8.78 Å². The molecule has 2 aromatic rings. The van der Waals surface area contributed by atoms with Gasteiger partial charge >= 0.3 is 6.61 Å². The fraction of sp³-hybridized carbons (Fsp3) is 0.471. The highest BCUT2D eigenvalue weighted by atomic mass is 19.3. The molecule has 0 bridgehead atoms. The molecule has 8 heteroatoms. The normalized spacial score (nSPS) is 15.4. The topological polar surface area (TPSA) is 63.2 Å². The highest BCUT2D eigenvalue weighted by molar-refractivity contribution is 5.42. The fourth-order valence-corrected chi connectivity index (χ4v) is 2.85. The van der Waals surface area contributed by atoms with Gasteiger partial charge in [0, 0.05) is 30.9 Å². The first-order valence-electron chi connectivity index (χ1n) is 8.37.